The number of rotatable bonds is 6. The third-order valence-corrected chi connectivity index (χ3v) is 4.72. The smallest absolute Gasteiger partial charge is 0.418 e. The van der Waals surface area contributed by atoms with Crippen LogP contribution in [-0.2, 0) is 17.4 Å². The van der Waals surface area contributed by atoms with Crippen molar-refractivity contribution in [3.63, 3.8) is 0 Å². The Morgan fingerprint density at radius 2 is 1.77 bits per heavy atom. The number of anilines is 2. The van der Waals surface area contributed by atoms with Gasteiger partial charge in [0.15, 0.2) is 5.76 Å². The maximum absolute atomic E-state index is 13.5. The van der Waals surface area contributed by atoms with Crippen LogP contribution in [0.4, 0.5) is 24.5 Å². The van der Waals surface area contributed by atoms with Crippen molar-refractivity contribution in [3.05, 3.63) is 82.8 Å². The third-order valence-electron chi connectivity index (χ3n) is 4.72. The van der Waals surface area contributed by atoms with Gasteiger partial charge in [0, 0.05) is 12.1 Å². The molecule has 2 aromatic carbocycles. The number of carbonyl (C=O) groups excluding carboxylic acids is 2. The van der Waals surface area contributed by atoms with Crippen molar-refractivity contribution in [1.29, 1.82) is 0 Å². The van der Waals surface area contributed by atoms with E-state index in [2.05, 4.69) is 10.6 Å². The van der Waals surface area contributed by atoms with Crippen molar-refractivity contribution in [2.45, 2.75) is 32.9 Å². The van der Waals surface area contributed by atoms with Crippen molar-refractivity contribution in [2.75, 3.05) is 10.6 Å². The summed E-state index contributed by atoms with van der Waals surface area (Å²) in [6, 6.07) is 11.9. The molecule has 0 atom stereocenters. The zero-order valence-corrected chi connectivity index (χ0v) is 17.0. The number of hydrogen-bond donors (Lipinski definition) is 2. The molecule has 0 spiro atoms. The molecule has 31 heavy (non-hydrogen) atoms. The molecule has 2 amide bonds. The number of furan rings is 1. The lowest BCUT2D eigenvalue weighted by Gasteiger charge is -2.16. The summed E-state index contributed by atoms with van der Waals surface area (Å²) in [5.74, 6) is -1.24. The van der Waals surface area contributed by atoms with Crippen LogP contribution in [0.3, 0.4) is 0 Å². The molecule has 0 aliphatic rings. The van der Waals surface area contributed by atoms with E-state index in [1.54, 1.807) is 0 Å². The predicted molar refractivity (Wildman–Crippen MR) is 111 cm³/mol. The topological polar surface area (TPSA) is 71.3 Å². The highest BCUT2D eigenvalue weighted by Gasteiger charge is 2.34. The van der Waals surface area contributed by atoms with Crippen LogP contribution in [0, 0.1) is 13.8 Å². The fraction of sp³-hybridized carbons (Fsp3) is 0.217. The summed E-state index contributed by atoms with van der Waals surface area (Å²) in [5, 5.41) is 4.69. The maximum Gasteiger partial charge on any atom is 0.418 e. The molecule has 0 radical (unpaired) electrons. The maximum atomic E-state index is 13.5. The summed E-state index contributed by atoms with van der Waals surface area (Å²) in [4.78, 5) is 24.3. The summed E-state index contributed by atoms with van der Waals surface area (Å²) in [6.45, 7) is 3.89. The van der Waals surface area contributed by atoms with Crippen molar-refractivity contribution in [1.82, 2.24) is 0 Å². The lowest BCUT2D eigenvalue weighted by molar-refractivity contribution is -0.136. The van der Waals surface area contributed by atoms with E-state index in [0.717, 1.165) is 28.8 Å². The molecule has 1 aromatic heterocycles. The van der Waals surface area contributed by atoms with E-state index < -0.39 is 23.6 Å². The number of hydrogen-bond acceptors (Lipinski definition) is 3. The molecule has 0 saturated heterocycles. The van der Waals surface area contributed by atoms with Crippen molar-refractivity contribution < 1.29 is 27.2 Å². The van der Waals surface area contributed by atoms with Gasteiger partial charge in [0.1, 0.15) is 0 Å². The molecule has 0 unspecified atom stereocenters. The second kappa shape index (κ2) is 9.07. The Morgan fingerprint density at radius 1 is 1.00 bits per heavy atom. The normalized spacial score (nSPS) is 11.3. The number of alkyl halides is 3. The standard InChI is InChI=1S/C23H21F3N2O3/c1-14-5-6-16(15(2)12-14)7-10-21(29)28-19-9-8-17(13-18(19)23(24,25)26)27-22(30)20-4-3-11-31-20/h3-6,8-9,11-13H,7,10H2,1-2H3,(H,27,30)(H,28,29). The first-order valence-electron chi connectivity index (χ1n) is 9.55. The minimum absolute atomic E-state index is 0.0302. The number of halogens is 3. The van der Waals surface area contributed by atoms with E-state index in [1.165, 1.54) is 24.5 Å². The van der Waals surface area contributed by atoms with E-state index in [1.807, 2.05) is 32.0 Å². The van der Waals surface area contributed by atoms with Crippen molar-refractivity contribution in [3.8, 4) is 0 Å². The molecule has 0 aliphatic heterocycles. The number of carbonyl (C=O) groups is 2. The molecule has 2 N–H and O–H groups in total. The molecule has 0 saturated carbocycles. The zero-order valence-electron chi connectivity index (χ0n) is 17.0. The molecule has 3 aromatic rings. The van der Waals surface area contributed by atoms with Crippen LogP contribution in [0.2, 0.25) is 0 Å². The summed E-state index contributed by atoms with van der Waals surface area (Å²) in [6.07, 6.45) is -2.98. The van der Waals surface area contributed by atoms with Gasteiger partial charge < -0.3 is 15.1 Å². The highest BCUT2D eigenvalue weighted by Crippen LogP contribution is 2.36. The van der Waals surface area contributed by atoms with Gasteiger partial charge in [-0.2, -0.15) is 13.2 Å². The Labute approximate surface area is 177 Å². The first kappa shape index (κ1) is 22.1. The Balaban J connectivity index is 1.72. The predicted octanol–water partition coefficient (Wildman–Crippen LogP) is 5.74. The Hall–Kier alpha value is -3.55. The zero-order chi connectivity index (χ0) is 22.6. The fourth-order valence-corrected chi connectivity index (χ4v) is 3.15. The first-order chi connectivity index (χ1) is 14.6. The Bertz CT molecular complexity index is 1090. The average molecular weight is 430 g/mol. The molecular formula is C23H21F3N2O3. The third kappa shape index (κ3) is 5.75. The summed E-state index contributed by atoms with van der Waals surface area (Å²) in [5.41, 5.74) is 1.61. The number of aryl methyl sites for hydroxylation is 3. The summed E-state index contributed by atoms with van der Waals surface area (Å²) >= 11 is 0. The molecular weight excluding hydrogens is 409 g/mol. The average Bonchev–Trinajstić information content (AvgIpc) is 3.22. The fourth-order valence-electron chi connectivity index (χ4n) is 3.15. The minimum Gasteiger partial charge on any atom is -0.459 e. The number of benzene rings is 2. The molecule has 1 heterocycles. The lowest BCUT2D eigenvalue weighted by Crippen LogP contribution is -2.18. The van der Waals surface area contributed by atoms with E-state index in [-0.39, 0.29) is 23.6 Å². The summed E-state index contributed by atoms with van der Waals surface area (Å²) in [7, 11) is 0. The van der Waals surface area contributed by atoms with Crippen LogP contribution in [-0.4, -0.2) is 11.8 Å². The van der Waals surface area contributed by atoms with Gasteiger partial charge >= 0.3 is 6.18 Å². The van der Waals surface area contributed by atoms with Crippen LogP contribution >= 0.6 is 0 Å². The highest BCUT2D eigenvalue weighted by molar-refractivity contribution is 6.02. The Morgan fingerprint density at radius 3 is 2.42 bits per heavy atom. The van der Waals surface area contributed by atoms with E-state index in [0.29, 0.717) is 6.42 Å². The van der Waals surface area contributed by atoms with E-state index in [4.69, 9.17) is 4.42 Å². The largest absolute Gasteiger partial charge is 0.459 e. The van der Waals surface area contributed by atoms with Gasteiger partial charge in [0.05, 0.1) is 17.5 Å². The van der Waals surface area contributed by atoms with Crippen LogP contribution < -0.4 is 10.6 Å². The molecule has 3 rings (SSSR count). The van der Waals surface area contributed by atoms with Gasteiger partial charge in [0.2, 0.25) is 5.91 Å². The van der Waals surface area contributed by atoms with E-state index in [9.17, 15) is 22.8 Å². The lowest BCUT2D eigenvalue weighted by atomic mass is 10.0. The molecule has 5 nitrogen and oxygen atoms in total. The van der Waals surface area contributed by atoms with Crippen molar-refractivity contribution >= 4 is 23.2 Å². The van der Waals surface area contributed by atoms with Gasteiger partial charge in [-0.15, -0.1) is 0 Å². The number of nitrogens with one attached hydrogen (secondary N) is 2. The van der Waals surface area contributed by atoms with E-state index >= 15 is 0 Å². The molecule has 0 bridgehead atoms. The van der Waals surface area contributed by atoms with Crippen LogP contribution in [0.15, 0.2) is 59.2 Å². The second-order valence-electron chi connectivity index (χ2n) is 7.17. The number of amides is 2. The molecule has 0 fully saturated rings. The van der Waals surface area contributed by atoms with Crippen LogP contribution in [0.25, 0.3) is 0 Å². The second-order valence-corrected chi connectivity index (χ2v) is 7.17. The van der Waals surface area contributed by atoms with Gasteiger partial charge in [-0.25, -0.2) is 0 Å². The van der Waals surface area contributed by atoms with Crippen LogP contribution in [0.5, 0.6) is 0 Å². The molecule has 0 aliphatic carbocycles. The summed E-state index contributed by atoms with van der Waals surface area (Å²) < 4.78 is 45.6. The monoisotopic (exact) mass is 430 g/mol. The Kier molecular flexibility index (Phi) is 6.48. The van der Waals surface area contributed by atoms with Crippen LogP contribution in [0.1, 0.15) is 39.2 Å². The van der Waals surface area contributed by atoms with Gasteiger partial charge in [-0.3, -0.25) is 9.59 Å². The minimum atomic E-state index is -4.72. The SMILES string of the molecule is Cc1ccc(CCC(=O)Nc2ccc(NC(=O)c3ccco3)cc2C(F)(F)F)c(C)c1. The van der Waals surface area contributed by atoms with Gasteiger partial charge in [-0.05, 0) is 61.7 Å². The quantitative estimate of drug-likeness (QED) is 0.524. The molecule has 8 heteroatoms. The first-order valence-corrected chi connectivity index (χ1v) is 9.55. The van der Waals surface area contributed by atoms with Gasteiger partial charge in [0.25, 0.3) is 5.91 Å². The van der Waals surface area contributed by atoms with Gasteiger partial charge in [-0.1, -0.05) is 23.8 Å². The molecule has 162 valence electrons. The van der Waals surface area contributed by atoms with Crippen molar-refractivity contribution in [2.24, 2.45) is 0 Å². The highest BCUT2D eigenvalue weighted by atomic mass is 19.4.